The van der Waals surface area contributed by atoms with Gasteiger partial charge in [0.25, 0.3) is 0 Å². The number of benzene rings is 1. The molecule has 0 radical (unpaired) electrons. The summed E-state index contributed by atoms with van der Waals surface area (Å²) >= 11 is 0. The molecule has 0 unspecified atom stereocenters. The minimum atomic E-state index is -0.0744. The average Bonchev–Trinajstić information content (AvgIpc) is 3.36. The number of nitrogens with one attached hydrogen (secondary N) is 1. The lowest BCUT2D eigenvalue weighted by Gasteiger charge is -2.32. The van der Waals surface area contributed by atoms with E-state index in [1.807, 2.05) is 46.1 Å². The molecule has 1 saturated heterocycles. The van der Waals surface area contributed by atoms with Crippen LogP contribution in [-0.4, -0.2) is 48.8 Å². The van der Waals surface area contributed by atoms with Crippen LogP contribution in [0.15, 0.2) is 55.1 Å². The van der Waals surface area contributed by atoms with Crippen LogP contribution in [0.25, 0.3) is 5.69 Å². The van der Waals surface area contributed by atoms with Crippen molar-refractivity contribution in [1.29, 1.82) is 0 Å². The summed E-state index contributed by atoms with van der Waals surface area (Å²) in [5.41, 5.74) is 1.60. The van der Waals surface area contributed by atoms with Crippen molar-refractivity contribution in [2.75, 3.05) is 18.4 Å². The van der Waals surface area contributed by atoms with Crippen LogP contribution in [0.2, 0.25) is 0 Å². The Morgan fingerprint density at radius 1 is 1.12 bits per heavy atom. The van der Waals surface area contributed by atoms with Gasteiger partial charge in [-0.05, 0) is 37.1 Å². The third kappa shape index (κ3) is 3.37. The number of piperidine rings is 1. The molecule has 2 aromatic heterocycles. The zero-order chi connectivity index (χ0) is 17.1. The Labute approximate surface area is 145 Å². The van der Waals surface area contributed by atoms with Crippen LogP contribution in [-0.2, 0) is 0 Å². The van der Waals surface area contributed by atoms with E-state index in [2.05, 4.69) is 20.7 Å². The molecule has 1 aromatic carbocycles. The number of hydrogen-bond acceptors (Lipinski definition) is 4. The summed E-state index contributed by atoms with van der Waals surface area (Å²) < 4.78 is 3.64. The Bertz CT molecular complexity index is 821. The van der Waals surface area contributed by atoms with E-state index < -0.39 is 0 Å². The number of hydrogen-bond donors (Lipinski definition) is 1. The second-order valence-corrected chi connectivity index (χ2v) is 6.03. The van der Waals surface area contributed by atoms with Crippen molar-refractivity contribution in [1.82, 2.24) is 29.7 Å². The molecule has 1 fully saturated rings. The lowest BCUT2D eigenvalue weighted by atomic mass is 10.1. The lowest BCUT2D eigenvalue weighted by molar-refractivity contribution is 0.180. The number of anilines is 1. The summed E-state index contributed by atoms with van der Waals surface area (Å²) in [7, 11) is 0. The van der Waals surface area contributed by atoms with E-state index in [-0.39, 0.29) is 6.03 Å². The molecule has 1 aliphatic heterocycles. The molecule has 0 saturated carbocycles. The number of rotatable bonds is 3. The molecule has 128 valence electrons. The fraction of sp³-hybridized carbons (Fsp3) is 0.294. The first kappa shape index (κ1) is 15.4. The van der Waals surface area contributed by atoms with Crippen LogP contribution in [0, 0.1) is 0 Å². The van der Waals surface area contributed by atoms with Crippen LogP contribution in [0.1, 0.15) is 18.9 Å². The van der Waals surface area contributed by atoms with E-state index in [1.165, 1.54) is 0 Å². The van der Waals surface area contributed by atoms with Crippen LogP contribution in [0.4, 0.5) is 10.5 Å². The molecular weight excluding hydrogens is 318 g/mol. The van der Waals surface area contributed by atoms with E-state index in [0.29, 0.717) is 6.04 Å². The first-order valence-electron chi connectivity index (χ1n) is 8.31. The molecule has 0 aliphatic carbocycles. The first-order valence-corrected chi connectivity index (χ1v) is 8.31. The number of aromatic nitrogens is 5. The van der Waals surface area contributed by atoms with Crippen LogP contribution in [0.5, 0.6) is 0 Å². The Morgan fingerprint density at radius 2 is 2.00 bits per heavy atom. The normalized spacial score (nSPS) is 15.3. The van der Waals surface area contributed by atoms with Gasteiger partial charge < -0.3 is 10.2 Å². The van der Waals surface area contributed by atoms with Gasteiger partial charge in [-0.1, -0.05) is 11.3 Å². The molecule has 1 aliphatic rings. The third-order valence-corrected chi connectivity index (χ3v) is 4.44. The summed E-state index contributed by atoms with van der Waals surface area (Å²) in [6.07, 6.45) is 8.98. The topological polar surface area (TPSA) is 80.9 Å². The highest BCUT2D eigenvalue weighted by Crippen LogP contribution is 2.22. The van der Waals surface area contributed by atoms with Crippen molar-refractivity contribution in [3.63, 3.8) is 0 Å². The minimum Gasteiger partial charge on any atom is -0.324 e. The van der Waals surface area contributed by atoms with Crippen molar-refractivity contribution in [3.8, 4) is 5.69 Å². The van der Waals surface area contributed by atoms with Gasteiger partial charge in [-0.2, -0.15) is 5.10 Å². The van der Waals surface area contributed by atoms with Gasteiger partial charge in [0, 0.05) is 31.2 Å². The van der Waals surface area contributed by atoms with Crippen LogP contribution < -0.4 is 5.32 Å². The second-order valence-electron chi connectivity index (χ2n) is 6.03. The molecule has 4 rings (SSSR count). The predicted octanol–water partition coefficient (Wildman–Crippen LogP) is 2.33. The number of carbonyl (C=O) groups is 1. The standard InChI is InChI=1S/C17H19N7O/c25-17(22-10-5-15(6-11-22)23-9-2-7-19-23)20-14-3-1-4-16(13-14)24-12-8-18-21-24/h1-4,7-9,12-13,15H,5-6,10-11H2,(H,20,25). The Balaban J connectivity index is 1.37. The summed E-state index contributed by atoms with van der Waals surface area (Å²) in [6.45, 7) is 1.44. The number of urea groups is 1. The van der Waals surface area contributed by atoms with Gasteiger partial charge in [0.15, 0.2) is 0 Å². The number of likely N-dealkylation sites (tertiary alicyclic amines) is 1. The van der Waals surface area contributed by atoms with E-state index in [0.717, 1.165) is 37.3 Å². The van der Waals surface area contributed by atoms with Gasteiger partial charge in [0.05, 0.1) is 24.1 Å². The number of carbonyl (C=O) groups excluding carboxylic acids is 1. The highest BCUT2D eigenvalue weighted by atomic mass is 16.2. The van der Waals surface area contributed by atoms with Gasteiger partial charge in [0.1, 0.15) is 0 Å². The molecule has 3 aromatic rings. The van der Waals surface area contributed by atoms with Crippen molar-refractivity contribution in [3.05, 3.63) is 55.1 Å². The predicted molar refractivity (Wildman–Crippen MR) is 92.4 cm³/mol. The molecule has 0 atom stereocenters. The Kier molecular flexibility index (Phi) is 4.16. The zero-order valence-electron chi connectivity index (χ0n) is 13.7. The molecular formula is C17H19N7O. The fourth-order valence-corrected chi connectivity index (χ4v) is 3.10. The van der Waals surface area contributed by atoms with Crippen molar-refractivity contribution in [2.45, 2.75) is 18.9 Å². The summed E-state index contributed by atoms with van der Waals surface area (Å²) in [5.74, 6) is 0. The van der Waals surface area contributed by atoms with E-state index in [4.69, 9.17) is 0 Å². The maximum atomic E-state index is 12.5. The van der Waals surface area contributed by atoms with E-state index >= 15 is 0 Å². The van der Waals surface area contributed by atoms with E-state index in [9.17, 15) is 4.79 Å². The van der Waals surface area contributed by atoms with Crippen molar-refractivity contribution >= 4 is 11.7 Å². The quantitative estimate of drug-likeness (QED) is 0.795. The van der Waals surface area contributed by atoms with Gasteiger partial charge in [-0.3, -0.25) is 4.68 Å². The molecule has 1 N–H and O–H groups in total. The SMILES string of the molecule is O=C(Nc1cccc(-n2ccnn2)c1)N1CCC(n2cccn2)CC1. The highest BCUT2D eigenvalue weighted by Gasteiger charge is 2.24. The minimum absolute atomic E-state index is 0.0744. The maximum Gasteiger partial charge on any atom is 0.321 e. The fourth-order valence-electron chi connectivity index (χ4n) is 3.10. The average molecular weight is 337 g/mol. The Hall–Kier alpha value is -3.16. The Morgan fingerprint density at radius 3 is 2.72 bits per heavy atom. The molecule has 8 nitrogen and oxygen atoms in total. The molecule has 2 amide bonds. The summed E-state index contributed by atoms with van der Waals surface area (Å²) in [4.78, 5) is 14.4. The number of amides is 2. The molecule has 0 bridgehead atoms. The molecule has 0 spiro atoms. The summed E-state index contributed by atoms with van der Waals surface area (Å²) in [5, 5.41) is 15.0. The monoisotopic (exact) mass is 337 g/mol. The lowest BCUT2D eigenvalue weighted by Crippen LogP contribution is -2.41. The van der Waals surface area contributed by atoms with Gasteiger partial charge in [-0.25, -0.2) is 9.48 Å². The largest absolute Gasteiger partial charge is 0.324 e. The van der Waals surface area contributed by atoms with Crippen molar-refractivity contribution in [2.24, 2.45) is 0 Å². The third-order valence-electron chi connectivity index (χ3n) is 4.44. The van der Waals surface area contributed by atoms with Gasteiger partial charge in [0.2, 0.25) is 0 Å². The van der Waals surface area contributed by atoms with E-state index in [1.54, 1.807) is 23.3 Å². The van der Waals surface area contributed by atoms with Gasteiger partial charge >= 0.3 is 6.03 Å². The summed E-state index contributed by atoms with van der Waals surface area (Å²) in [6, 6.07) is 9.78. The molecule has 25 heavy (non-hydrogen) atoms. The molecule has 8 heteroatoms. The maximum absolute atomic E-state index is 12.5. The van der Waals surface area contributed by atoms with Crippen molar-refractivity contribution < 1.29 is 4.79 Å². The second kappa shape index (κ2) is 6.76. The number of nitrogens with zero attached hydrogens (tertiary/aromatic N) is 6. The van der Waals surface area contributed by atoms with Crippen LogP contribution >= 0.6 is 0 Å². The van der Waals surface area contributed by atoms with Crippen LogP contribution in [0.3, 0.4) is 0 Å². The highest BCUT2D eigenvalue weighted by molar-refractivity contribution is 5.89. The first-order chi connectivity index (χ1) is 12.3. The van der Waals surface area contributed by atoms with Gasteiger partial charge in [-0.15, -0.1) is 5.10 Å². The molecule has 3 heterocycles. The zero-order valence-corrected chi connectivity index (χ0v) is 13.7. The smallest absolute Gasteiger partial charge is 0.321 e.